The van der Waals surface area contributed by atoms with Crippen LogP contribution in [0.2, 0.25) is 0 Å². The Morgan fingerprint density at radius 3 is 2.47 bits per heavy atom. The van der Waals surface area contributed by atoms with Gasteiger partial charge in [-0.1, -0.05) is 67.9 Å². The number of carbonyl (C=O) groups excluding carboxylic acids is 1. The maximum absolute atomic E-state index is 12.6. The van der Waals surface area contributed by atoms with Gasteiger partial charge in [0.2, 0.25) is 0 Å². The minimum Gasteiger partial charge on any atom is -0.366 e. The van der Waals surface area contributed by atoms with Crippen LogP contribution >= 0.6 is 0 Å². The fourth-order valence-corrected chi connectivity index (χ4v) is 4.16. The van der Waals surface area contributed by atoms with Crippen molar-refractivity contribution < 1.29 is 4.79 Å². The first kappa shape index (κ1) is 19.9. The highest BCUT2D eigenvalue weighted by Crippen LogP contribution is 2.34. The van der Waals surface area contributed by atoms with E-state index < -0.39 is 5.91 Å². The number of fused-ring (bicyclic) bond motifs is 1. The Morgan fingerprint density at radius 1 is 1.00 bits per heavy atom. The van der Waals surface area contributed by atoms with E-state index in [0.717, 1.165) is 52.8 Å². The van der Waals surface area contributed by atoms with Crippen molar-refractivity contribution in [2.75, 3.05) is 0 Å². The maximum atomic E-state index is 12.6. The fourth-order valence-electron chi connectivity index (χ4n) is 4.16. The lowest BCUT2D eigenvalue weighted by Crippen LogP contribution is -2.13. The first-order chi connectivity index (χ1) is 14.6. The summed E-state index contributed by atoms with van der Waals surface area (Å²) in [5.74, 6) is -0.401. The van der Waals surface area contributed by atoms with Crippen LogP contribution in [0.3, 0.4) is 0 Å². The summed E-state index contributed by atoms with van der Waals surface area (Å²) in [6.07, 6.45) is 2.99. The molecule has 2 heterocycles. The topological polar surface area (TPSA) is 60.9 Å². The van der Waals surface area contributed by atoms with Crippen LogP contribution < -0.4 is 5.73 Å². The monoisotopic (exact) mass is 397 g/mol. The Morgan fingerprint density at radius 2 is 1.73 bits per heavy atom. The standard InChI is InChI=1S/C26H27N3O/c1-3-4-14-23-25(22-16-15-20-12-8-9-13-21(20)28-22)24(26(27)30)18(2)29(23)17-19-10-6-5-7-11-19/h5-13,15-16H,3-4,14,17H2,1-2H3,(H2,27,30). The van der Waals surface area contributed by atoms with Crippen molar-refractivity contribution >= 4 is 16.8 Å². The summed E-state index contributed by atoms with van der Waals surface area (Å²) in [5, 5.41) is 1.08. The summed E-state index contributed by atoms with van der Waals surface area (Å²) in [4.78, 5) is 17.5. The summed E-state index contributed by atoms with van der Waals surface area (Å²) in [6.45, 7) is 4.88. The van der Waals surface area contributed by atoms with Crippen LogP contribution in [0.1, 0.15) is 47.1 Å². The van der Waals surface area contributed by atoms with Gasteiger partial charge >= 0.3 is 0 Å². The number of nitrogens with two attached hydrogens (primary N) is 1. The Bertz CT molecular complexity index is 1190. The minimum absolute atomic E-state index is 0.401. The second-order valence-electron chi connectivity index (χ2n) is 7.71. The first-order valence-corrected chi connectivity index (χ1v) is 10.5. The van der Waals surface area contributed by atoms with Gasteiger partial charge in [-0.2, -0.15) is 0 Å². The molecule has 30 heavy (non-hydrogen) atoms. The largest absolute Gasteiger partial charge is 0.366 e. The number of pyridine rings is 1. The summed E-state index contributed by atoms with van der Waals surface area (Å²) >= 11 is 0. The van der Waals surface area contributed by atoms with E-state index in [1.807, 2.05) is 55.5 Å². The van der Waals surface area contributed by atoms with E-state index in [0.29, 0.717) is 12.1 Å². The lowest BCUT2D eigenvalue weighted by Gasteiger charge is -2.13. The number of aromatic nitrogens is 2. The van der Waals surface area contributed by atoms with Crippen molar-refractivity contribution in [2.24, 2.45) is 5.73 Å². The second-order valence-corrected chi connectivity index (χ2v) is 7.71. The molecule has 0 aliphatic heterocycles. The zero-order valence-electron chi connectivity index (χ0n) is 17.6. The van der Waals surface area contributed by atoms with Crippen LogP contribution in [0, 0.1) is 6.92 Å². The number of unbranched alkanes of at least 4 members (excludes halogenated alkanes) is 1. The van der Waals surface area contributed by atoms with Crippen LogP contribution in [0.15, 0.2) is 66.7 Å². The summed E-state index contributed by atoms with van der Waals surface area (Å²) in [7, 11) is 0. The molecule has 0 saturated heterocycles. The van der Waals surface area contributed by atoms with Crippen molar-refractivity contribution in [1.82, 2.24) is 9.55 Å². The maximum Gasteiger partial charge on any atom is 0.251 e. The molecule has 4 aromatic rings. The van der Waals surface area contributed by atoms with Gasteiger partial charge in [0.25, 0.3) is 5.91 Å². The lowest BCUT2D eigenvalue weighted by molar-refractivity contribution is 0.1000. The predicted octanol–water partition coefficient (Wildman–Crippen LogP) is 5.50. The number of benzene rings is 2. The number of nitrogens with zero attached hydrogens (tertiary/aromatic N) is 2. The number of rotatable bonds is 7. The van der Waals surface area contributed by atoms with Gasteiger partial charge < -0.3 is 10.3 Å². The minimum atomic E-state index is -0.401. The van der Waals surface area contributed by atoms with E-state index >= 15 is 0 Å². The molecule has 0 bridgehead atoms. The molecule has 0 fully saturated rings. The molecule has 2 aromatic heterocycles. The van der Waals surface area contributed by atoms with Crippen molar-refractivity contribution in [1.29, 1.82) is 0 Å². The highest BCUT2D eigenvalue weighted by atomic mass is 16.1. The zero-order valence-corrected chi connectivity index (χ0v) is 17.6. The molecule has 0 spiro atoms. The molecule has 0 radical (unpaired) electrons. The van der Waals surface area contributed by atoms with Crippen LogP contribution in [0.5, 0.6) is 0 Å². The molecule has 0 aliphatic rings. The second kappa shape index (κ2) is 8.54. The van der Waals surface area contributed by atoms with Gasteiger partial charge in [-0.05, 0) is 37.5 Å². The van der Waals surface area contributed by atoms with E-state index in [9.17, 15) is 4.79 Å². The first-order valence-electron chi connectivity index (χ1n) is 10.5. The molecule has 4 rings (SSSR count). The summed E-state index contributed by atoms with van der Waals surface area (Å²) < 4.78 is 2.25. The van der Waals surface area contributed by atoms with Crippen LogP contribution in [-0.2, 0) is 13.0 Å². The van der Waals surface area contributed by atoms with Gasteiger partial charge in [-0.15, -0.1) is 0 Å². The molecule has 1 amide bonds. The quantitative estimate of drug-likeness (QED) is 0.447. The summed E-state index contributed by atoms with van der Waals surface area (Å²) in [5.41, 5.74) is 12.3. The van der Waals surface area contributed by atoms with E-state index in [1.165, 1.54) is 5.56 Å². The Kier molecular flexibility index (Phi) is 5.66. The lowest BCUT2D eigenvalue weighted by atomic mass is 10.0. The molecule has 2 aromatic carbocycles. The normalized spacial score (nSPS) is 11.1. The average molecular weight is 398 g/mol. The summed E-state index contributed by atoms with van der Waals surface area (Å²) in [6, 6.07) is 22.4. The van der Waals surface area contributed by atoms with Gasteiger partial charge in [-0.3, -0.25) is 4.79 Å². The number of hydrogen-bond acceptors (Lipinski definition) is 2. The van der Waals surface area contributed by atoms with Crippen molar-refractivity contribution in [3.63, 3.8) is 0 Å². The number of primary amides is 1. The molecular weight excluding hydrogens is 370 g/mol. The SMILES string of the molecule is CCCCc1c(-c2ccc3ccccc3n2)c(C(N)=O)c(C)n1Cc1ccccc1. The Balaban J connectivity index is 1.94. The average Bonchev–Trinajstić information content (AvgIpc) is 3.04. The van der Waals surface area contributed by atoms with Crippen molar-refractivity contribution in [2.45, 2.75) is 39.7 Å². The third kappa shape index (κ3) is 3.73. The number of para-hydroxylation sites is 1. The van der Waals surface area contributed by atoms with Crippen molar-refractivity contribution in [3.05, 3.63) is 89.2 Å². The van der Waals surface area contributed by atoms with Gasteiger partial charge in [0, 0.05) is 28.9 Å². The van der Waals surface area contributed by atoms with E-state index in [-0.39, 0.29) is 0 Å². The molecule has 152 valence electrons. The van der Waals surface area contributed by atoms with Crippen molar-refractivity contribution in [3.8, 4) is 11.3 Å². The van der Waals surface area contributed by atoms with E-state index in [4.69, 9.17) is 10.7 Å². The highest BCUT2D eigenvalue weighted by Gasteiger charge is 2.25. The third-order valence-electron chi connectivity index (χ3n) is 5.68. The van der Waals surface area contributed by atoms with Gasteiger partial charge in [0.15, 0.2) is 0 Å². The number of hydrogen-bond donors (Lipinski definition) is 1. The van der Waals surface area contributed by atoms with Gasteiger partial charge in [0.05, 0.1) is 16.8 Å². The zero-order chi connectivity index (χ0) is 21.1. The molecule has 4 nitrogen and oxygen atoms in total. The predicted molar refractivity (Wildman–Crippen MR) is 123 cm³/mol. The van der Waals surface area contributed by atoms with Gasteiger partial charge in [0.1, 0.15) is 0 Å². The molecule has 2 N–H and O–H groups in total. The van der Waals surface area contributed by atoms with Crippen LogP contribution in [-0.4, -0.2) is 15.5 Å². The fraction of sp³-hybridized carbons (Fsp3) is 0.231. The van der Waals surface area contributed by atoms with Gasteiger partial charge in [-0.25, -0.2) is 4.98 Å². The molecular formula is C26H27N3O. The van der Waals surface area contributed by atoms with E-state index in [1.54, 1.807) is 0 Å². The van der Waals surface area contributed by atoms with Crippen LogP contribution in [0.25, 0.3) is 22.2 Å². The molecule has 0 saturated carbocycles. The van der Waals surface area contributed by atoms with Crippen LogP contribution in [0.4, 0.5) is 0 Å². The number of amides is 1. The Hall–Kier alpha value is -3.40. The molecule has 0 unspecified atom stereocenters. The van der Waals surface area contributed by atoms with E-state index in [2.05, 4.69) is 29.7 Å². The molecule has 0 atom stereocenters. The molecule has 0 aliphatic carbocycles. The Labute approximate surface area is 177 Å². The number of carbonyl (C=O) groups is 1. The highest BCUT2D eigenvalue weighted by molar-refractivity contribution is 6.02. The smallest absolute Gasteiger partial charge is 0.251 e. The molecule has 4 heteroatoms. The third-order valence-corrected chi connectivity index (χ3v) is 5.68.